The maximum atomic E-state index is 14.6. The maximum absolute atomic E-state index is 14.6. The predicted molar refractivity (Wildman–Crippen MR) is 118 cm³/mol. The summed E-state index contributed by atoms with van der Waals surface area (Å²) < 4.78 is 59.4. The van der Waals surface area contributed by atoms with Crippen molar-refractivity contribution in [2.45, 2.75) is 0 Å². The number of methoxy groups -OCH3 is 2. The normalized spacial score (nSPS) is 11.0. The summed E-state index contributed by atoms with van der Waals surface area (Å²) >= 11 is 1.95. The number of nitrogens with zero attached hydrogens (tertiary/aromatic N) is 3. The summed E-state index contributed by atoms with van der Waals surface area (Å²) in [7, 11) is 3.13. The molecule has 0 aliphatic heterocycles. The van der Waals surface area contributed by atoms with Gasteiger partial charge in [-0.3, -0.25) is 0 Å². The van der Waals surface area contributed by atoms with Crippen LogP contribution in [0, 0.1) is 21.0 Å². The second-order valence-corrected chi connectivity index (χ2v) is 7.64. The molecule has 0 bridgehead atoms. The van der Waals surface area contributed by atoms with Crippen molar-refractivity contribution in [1.29, 1.82) is 0 Å². The lowest BCUT2D eigenvalue weighted by Crippen LogP contribution is -2.30. The summed E-state index contributed by atoms with van der Waals surface area (Å²) in [5.74, 6) is -2.95. The first-order chi connectivity index (χ1) is 14.9. The van der Waals surface area contributed by atoms with E-state index < -0.39 is 17.5 Å². The molecule has 1 N–H and O–H groups in total. The fraction of sp³-hybridized carbons (Fsp3) is 0.300. The third kappa shape index (κ3) is 5.66. The van der Waals surface area contributed by atoms with Crippen LogP contribution in [0.5, 0.6) is 0 Å². The van der Waals surface area contributed by atoms with E-state index in [2.05, 4.69) is 15.5 Å². The Morgan fingerprint density at radius 1 is 1.00 bits per heavy atom. The van der Waals surface area contributed by atoms with Gasteiger partial charge in [0.2, 0.25) is 0 Å². The van der Waals surface area contributed by atoms with Crippen molar-refractivity contribution in [3.63, 3.8) is 0 Å². The number of rotatable bonds is 10. The van der Waals surface area contributed by atoms with Gasteiger partial charge in [0.25, 0.3) is 5.89 Å². The van der Waals surface area contributed by atoms with Gasteiger partial charge in [-0.15, -0.1) is 5.10 Å². The average molecular weight is 548 g/mol. The molecule has 7 nitrogen and oxygen atoms in total. The number of hydrogen-bond donors (Lipinski definition) is 1. The van der Waals surface area contributed by atoms with E-state index in [1.807, 2.05) is 22.6 Å². The Labute approximate surface area is 190 Å². The summed E-state index contributed by atoms with van der Waals surface area (Å²) in [5.41, 5.74) is -0.239. The van der Waals surface area contributed by atoms with E-state index in [-0.39, 0.29) is 28.8 Å². The van der Waals surface area contributed by atoms with Gasteiger partial charge in [-0.2, -0.15) is 0 Å². The Kier molecular flexibility index (Phi) is 8.09. The van der Waals surface area contributed by atoms with Crippen LogP contribution in [0.4, 0.5) is 30.6 Å². The molecule has 31 heavy (non-hydrogen) atoms. The second-order valence-electron chi connectivity index (χ2n) is 6.40. The highest BCUT2D eigenvalue weighted by atomic mass is 127. The standard InChI is InChI=1S/C20H20F3IN4O3/c1-29-9-7-28(8-10-30-2)20-27-26-19(31-20)13-4-5-14(21)17(23)18(13)25-16-6-3-12(24)11-15(16)22/h3-6,11,25H,7-10H2,1-2H3. The zero-order valence-electron chi connectivity index (χ0n) is 16.8. The summed E-state index contributed by atoms with van der Waals surface area (Å²) in [6, 6.07) is 6.74. The SMILES string of the molecule is COCCN(CCOC)c1nnc(-c2ccc(F)c(F)c2Nc2ccc(I)cc2F)o1. The van der Waals surface area contributed by atoms with Gasteiger partial charge in [-0.25, -0.2) is 13.2 Å². The summed E-state index contributed by atoms with van der Waals surface area (Å²) in [6.45, 7) is 1.73. The van der Waals surface area contributed by atoms with E-state index in [1.165, 1.54) is 18.2 Å². The van der Waals surface area contributed by atoms with Crippen molar-refractivity contribution in [3.8, 4) is 11.5 Å². The molecule has 0 aliphatic carbocycles. The predicted octanol–water partition coefficient (Wildman–Crippen LogP) is 4.60. The van der Waals surface area contributed by atoms with Crippen molar-refractivity contribution in [1.82, 2.24) is 10.2 Å². The minimum Gasteiger partial charge on any atom is -0.403 e. The van der Waals surface area contributed by atoms with Gasteiger partial charge in [-0.05, 0) is 52.9 Å². The molecule has 3 aromatic rings. The highest BCUT2D eigenvalue weighted by Crippen LogP contribution is 2.35. The number of hydrogen-bond acceptors (Lipinski definition) is 7. The van der Waals surface area contributed by atoms with Crippen LogP contribution in [-0.4, -0.2) is 50.7 Å². The van der Waals surface area contributed by atoms with Gasteiger partial charge < -0.3 is 24.1 Å². The Morgan fingerprint density at radius 3 is 2.35 bits per heavy atom. The number of nitrogens with one attached hydrogen (secondary N) is 1. The molecule has 166 valence electrons. The summed E-state index contributed by atoms with van der Waals surface area (Å²) in [6.07, 6.45) is 0. The highest BCUT2D eigenvalue weighted by molar-refractivity contribution is 14.1. The number of ether oxygens (including phenoxy) is 2. The molecule has 3 rings (SSSR count). The lowest BCUT2D eigenvalue weighted by Gasteiger charge is -2.19. The number of anilines is 3. The van der Waals surface area contributed by atoms with Crippen LogP contribution >= 0.6 is 22.6 Å². The molecule has 1 aromatic heterocycles. The fourth-order valence-corrected chi connectivity index (χ4v) is 3.19. The minimum atomic E-state index is -1.19. The van der Waals surface area contributed by atoms with E-state index >= 15 is 0 Å². The molecule has 0 aliphatic rings. The number of benzene rings is 2. The molecule has 0 amide bonds. The van der Waals surface area contributed by atoms with Crippen molar-refractivity contribution < 1.29 is 27.1 Å². The lowest BCUT2D eigenvalue weighted by molar-refractivity contribution is 0.188. The highest BCUT2D eigenvalue weighted by Gasteiger charge is 2.22. The van der Waals surface area contributed by atoms with E-state index in [4.69, 9.17) is 13.9 Å². The van der Waals surface area contributed by atoms with Gasteiger partial charge >= 0.3 is 6.01 Å². The lowest BCUT2D eigenvalue weighted by atomic mass is 10.1. The monoisotopic (exact) mass is 548 g/mol. The van der Waals surface area contributed by atoms with Gasteiger partial charge in [-0.1, -0.05) is 5.10 Å². The third-order valence-corrected chi connectivity index (χ3v) is 5.00. The fourth-order valence-electron chi connectivity index (χ4n) is 2.73. The van der Waals surface area contributed by atoms with Crippen LogP contribution in [0.15, 0.2) is 34.7 Å². The van der Waals surface area contributed by atoms with Crippen LogP contribution in [0.2, 0.25) is 0 Å². The number of aromatic nitrogens is 2. The van der Waals surface area contributed by atoms with E-state index in [0.717, 1.165) is 6.07 Å². The van der Waals surface area contributed by atoms with E-state index in [1.54, 1.807) is 25.2 Å². The summed E-state index contributed by atoms with van der Waals surface area (Å²) in [4.78, 5) is 1.75. The topological polar surface area (TPSA) is 72.7 Å². The second kappa shape index (κ2) is 10.8. The van der Waals surface area contributed by atoms with Crippen LogP contribution in [-0.2, 0) is 9.47 Å². The molecular weight excluding hydrogens is 528 g/mol. The quantitative estimate of drug-likeness (QED) is 0.372. The molecule has 0 unspecified atom stereocenters. The van der Waals surface area contributed by atoms with Gasteiger partial charge in [0.15, 0.2) is 11.6 Å². The minimum absolute atomic E-state index is 0.0206. The molecule has 0 atom stereocenters. The zero-order valence-corrected chi connectivity index (χ0v) is 19.0. The molecule has 0 radical (unpaired) electrons. The van der Waals surface area contributed by atoms with Crippen molar-refractivity contribution in [2.75, 3.05) is 50.7 Å². The van der Waals surface area contributed by atoms with Crippen LogP contribution in [0.3, 0.4) is 0 Å². The van der Waals surface area contributed by atoms with Crippen LogP contribution in [0.25, 0.3) is 11.5 Å². The van der Waals surface area contributed by atoms with Crippen LogP contribution < -0.4 is 10.2 Å². The van der Waals surface area contributed by atoms with Gasteiger partial charge in [0, 0.05) is 30.9 Å². The molecular formula is C20H20F3IN4O3. The molecule has 0 spiro atoms. The first kappa shape index (κ1) is 23.3. The Balaban J connectivity index is 1.96. The molecule has 1 heterocycles. The van der Waals surface area contributed by atoms with Gasteiger partial charge in [0.05, 0.1) is 30.2 Å². The molecule has 0 saturated heterocycles. The number of halogens is 4. The first-order valence-corrected chi connectivity index (χ1v) is 10.3. The Bertz CT molecular complexity index is 1030. The molecule has 0 fully saturated rings. The van der Waals surface area contributed by atoms with Crippen molar-refractivity contribution in [3.05, 3.63) is 51.4 Å². The van der Waals surface area contributed by atoms with Crippen molar-refractivity contribution >= 4 is 40.0 Å². The largest absolute Gasteiger partial charge is 0.403 e. The maximum Gasteiger partial charge on any atom is 0.318 e. The van der Waals surface area contributed by atoms with E-state index in [9.17, 15) is 13.2 Å². The zero-order chi connectivity index (χ0) is 22.4. The third-order valence-electron chi connectivity index (χ3n) is 4.33. The van der Waals surface area contributed by atoms with Crippen LogP contribution in [0.1, 0.15) is 0 Å². The first-order valence-electron chi connectivity index (χ1n) is 9.21. The Hall–Kier alpha value is -2.38. The van der Waals surface area contributed by atoms with Crippen molar-refractivity contribution in [2.24, 2.45) is 0 Å². The Morgan fingerprint density at radius 2 is 1.71 bits per heavy atom. The average Bonchev–Trinajstić information content (AvgIpc) is 3.23. The van der Waals surface area contributed by atoms with E-state index in [0.29, 0.717) is 29.9 Å². The van der Waals surface area contributed by atoms with Gasteiger partial charge in [0.1, 0.15) is 5.82 Å². The molecule has 2 aromatic carbocycles. The molecule has 11 heteroatoms. The summed E-state index contributed by atoms with van der Waals surface area (Å²) in [5, 5.41) is 10.6. The smallest absolute Gasteiger partial charge is 0.318 e. The molecule has 0 saturated carbocycles.